The van der Waals surface area contributed by atoms with Crippen LogP contribution in [-0.2, 0) is 0 Å². The van der Waals surface area contributed by atoms with Crippen molar-refractivity contribution in [2.24, 2.45) is 0 Å². The van der Waals surface area contributed by atoms with Crippen molar-refractivity contribution >= 4 is 11.9 Å². The largest absolute Gasteiger partial charge is 0.478 e. The van der Waals surface area contributed by atoms with E-state index < -0.39 is 24.1 Å². The Labute approximate surface area is 129 Å². The molecule has 1 aromatic rings. The molecule has 0 aromatic heterocycles. The van der Waals surface area contributed by atoms with E-state index >= 15 is 0 Å². The maximum absolute atomic E-state index is 11.6. The van der Waals surface area contributed by atoms with Gasteiger partial charge in [-0.3, -0.25) is 0 Å². The number of aliphatic hydroxyl groups excluding tert-OH is 2. The molecule has 2 atom stereocenters. The molecule has 22 heavy (non-hydrogen) atoms. The first kappa shape index (κ1) is 18.1. The Kier molecular flexibility index (Phi) is 6.52. The molecule has 0 saturated heterocycles. The highest BCUT2D eigenvalue weighted by molar-refractivity contribution is 5.98. The number of benzene rings is 1. The fourth-order valence-corrected chi connectivity index (χ4v) is 2.53. The summed E-state index contributed by atoms with van der Waals surface area (Å²) in [5.74, 6) is -2.65. The molecule has 0 fully saturated rings. The summed E-state index contributed by atoms with van der Waals surface area (Å²) in [6.45, 7) is 3.65. The number of carbonyl (C=O) groups is 2. The highest BCUT2D eigenvalue weighted by atomic mass is 16.4. The van der Waals surface area contributed by atoms with Crippen LogP contribution in [0.2, 0.25) is 0 Å². The molecule has 0 amide bonds. The third-order valence-corrected chi connectivity index (χ3v) is 3.54. The third kappa shape index (κ3) is 3.84. The van der Waals surface area contributed by atoms with E-state index in [2.05, 4.69) is 0 Å². The van der Waals surface area contributed by atoms with E-state index in [1.165, 1.54) is 12.1 Å². The van der Waals surface area contributed by atoms with Gasteiger partial charge in [-0.15, -0.1) is 0 Å². The van der Waals surface area contributed by atoms with Crippen molar-refractivity contribution in [3.8, 4) is 0 Å². The maximum atomic E-state index is 11.6. The van der Waals surface area contributed by atoms with E-state index in [0.717, 1.165) is 0 Å². The van der Waals surface area contributed by atoms with Crippen LogP contribution < -0.4 is 0 Å². The van der Waals surface area contributed by atoms with E-state index in [-0.39, 0.29) is 28.7 Å². The van der Waals surface area contributed by atoms with E-state index in [1.54, 1.807) is 6.92 Å². The van der Waals surface area contributed by atoms with Gasteiger partial charge in [-0.05, 0) is 24.5 Å². The summed E-state index contributed by atoms with van der Waals surface area (Å²) < 4.78 is 0. The summed E-state index contributed by atoms with van der Waals surface area (Å²) in [5, 5.41) is 39.1. The summed E-state index contributed by atoms with van der Waals surface area (Å²) in [6.07, 6.45) is -0.388. The van der Waals surface area contributed by atoms with Crippen molar-refractivity contribution in [3.63, 3.8) is 0 Å². The van der Waals surface area contributed by atoms with Gasteiger partial charge >= 0.3 is 11.9 Å². The van der Waals surface area contributed by atoms with Crippen molar-refractivity contribution in [1.82, 2.24) is 0 Å². The highest BCUT2D eigenvalue weighted by Crippen LogP contribution is 2.33. The Balaban J connectivity index is 3.60. The predicted octanol–water partition coefficient (Wildman–Crippen LogP) is 2.75. The summed E-state index contributed by atoms with van der Waals surface area (Å²) in [5.41, 5.74) is -0.536. The zero-order valence-electron chi connectivity index (χ0n) is 12.7. The van der Waals surface area contributed by atoms with Crippen molar-refractivity contribution in [3.05, 3.63) is 34.4 Å². The molecule has 1 rings (SSSR count). The molecule has 0 spiro atoms. The quantitative estimate of drug-likeness (QED) is 0.587. The number of rotatable bonds is 8. The van der Waals surface area contributed by atoms with Gasteiger partial charge in [0.25, 0.3) is 0 Å². The number of aliphatic hydroxyl groups is 2. The molecule has 0 bridgehead atoms. The third-order valence-electron chi connectivity index (χ3n) is 3.54. The van der Waals surface area contributed by atoms with Gasteiger partial charge in [-0.25, -0.2) is 9.59 Å². The van der Waals surface area contributed by atoms with Gasteiger partial charge < -0.3 is 20.4 Å². The molecule has 4 N–H and O–H groups in total. The van der Waals surface area contributed by atoms with E-state index in [9.17, 15) is 30.0 Å². The lowest BCUT2D eigenvalue weighted by atomic mass is 9.87. The van der Waals surface area contributed by atoms with Gasteiger partial charge in [0.05, 0.1) is 23.3 Å². The minimum absolute atomic E-state index is 0.130. The van der Waals surface area contributed by atoms with Crippen LogP contribution in [0.25, 0.3) is 0 Å². The van der Waals surface area contributed by atoms with E-state index in [4.69, 9.17) is 0 Å². The Morgan fingerprint density at radius 2 is 1.50 bits per heavy atom. The topological polar surface area (TPSA) is 115 Å². The van der Waals surface area contributed by atoms with Crippen molar-refractivity contribution in [1.29, 1.82) is 0 Å². The van der Waals surface area contributed by atoms with Crippen LogP contribution in [0.1, 0.15) is 83.6 Å². The zero-order valence-corrected chi connectivity index (χ0v) is 12.7. The Morgan fingerprint density at radius 3 is 1.95 bits per heavy atom. The summed E-state index contributed by atoms with van der Waals surface area (Å²) in [4.78, 5) is 23.0. The Hall–Kier alpha value is -1.92. The average molecular weight is 310 g/mol. The van der Waals surface area contributed by atoms with Crippen molar-refractivity contribution < 1.29 is 30.0 Å². The first-order valence-corrected chi connectivity index (χ1v) is 7.34. The molecule has 122 valence electrons. The number of aromatic carboxylic acids is 2. The average Bonchev–Trinajstić information content (AvgIpc) is 2.45. The van der Waals surface area contributed by atoms with Gasteiger partial charge in [-0.1, -0.05) is 32.8 Å². The molecule has 1 aromatic carbocycles. The second-order valence-corrected chi connectivity index (χ2v) is 5.21. The Morgan fingerprint density at radius 1 is 0.955 bits per heavy atom. The summed E-state index contributed by atoms with van der Waals surface area (Å²) in [6, 6.07) is 2.56. The van der Waals surface area contributed by atoms with Crippen molar-refractivity contribution in [2.75, 3.05) is 0 Å². The summed E-state index contributed by atoms with van der Waals surface area (Å²) in [7, 11) is 0. The van der Waals surface area contributed by atoms with Crippen LogP contribution in [0.4, 0.5) is 0 Å². The minimum Gasteiger partial charge on any atom is -0.478 e. The molecular formula is C16H22O6. The first-order chi connectivity index (χ1) is 10.3. The fourth-order valence-electron chi connectivity index (χ4n) is 2.53. The second kappa shape index (κ2) is 7.91. The van der Waals surface area contributed by atoms with E-state index in [1.807, 2.05) is 6.92 Å². The van der Waals surface area contributed by atoms with Crippen LogP contribution >= 0.6 is 0 Å². The van der Waals surface area contributed by atoms with Gasteiger partial charge in [0.1, 0.15) is 0 Å². The number of hydrogen-bond acceptors (Lipinski definition) is 4. The highest BCUT2D eigenvalue weighted by Gasteiger charge is 2.28. The molecule has 0 aliphatic rings. The molecule has 0 aliphatic heterocycles. The van der Waals surface area contributed by atoms with Gasteiger partial charge in [0.15, 0.2) is 0 Å². The molecule has 6 heteroatoms. The van der Waals surface area contributed by atoms with Crippen LogP contribution in [0, 0.1) is 0 Å². The van der Waals surface area contributed by atoms with Crippen LogP contribution in [-0.4, -0.2) is 32.4 Å². The lowest BCUT2D eigenvalue weighted by Crippen LogP contribution is -2.18. The van der Waals surface area contributed by atoms with Crippen molar-refractivity contribution in [2.45, 2.75) is 51.7 Å². The lowest BCUT2D eigenvalue weighted by molar-refractivity contribution is 0.0671. The minimum atomic E-state index is -1.35. The Bertz CT molecular complexity index is 552. The molecule has 0 heterocycles. The first-order valence-electron chi connectivity index (χ1n) is 7.34. The fraction of sp³-hybridized carbons (Fsp3) is 0.500. The number of carboxylic acid groups (broad SMARTS) is 2. The normalized spacial score (nSPS) is 13.6. The molecular weight excluding hydrogens is 288 g/mol. The molecule has 6 nitrogen and oxygen atoms in total. The molecule has 0 radical (unpaired) electrons. The molecule has 0 aliphatic carbocycles. The molecule has 2 unspecified atom stereocenters. The molecule has 0 saturated carbocycles. The summed E-state index contributed by atoms with van der Waals surface area (Å²) >= 11 is 0. The smallest absolute Gasteiger partial charge is 0.336 e. The van der Waals surface area contributed by atoms with E-state index in [0.29, 0.717) is 19.3 Å². The van der Waals surface area contributed by atoms with Crippen LogP contribution in [0.15, 0.2) is 12.1 Å². The van der Waals surface area contributed by atoms with Crippen LogP contribution in [0.5, 0.6) is 0 Å². The standard InChI is InChI=1S/C16H22O6/c1-3-5-11(17)9-7-8-10(15(19)20)13(12(18)6-4-2)14(9)16(21)22/h7-8,11-12,17-18H,3-6H2,1-2H3,(H,19,20)(H,21,22). The SMILES string of the molecule is CCCC(O)c1ccc(C(=O)O)c(C(O)CCC)c1C(=O)O. The number of carboxylic acids is 2. The maximum Gasteiger partial charge on any atom is 0.336 e. The monoisotopic (exact) mass is 310 g/mol. The predicted molar refractivity (Wildman–Crippen MR) is 80.1 cm³/mol. The van der Waals surface area contributed by atoms with Gasteiger partial charge in [0, 0.05) is 5.56 Å². The lowest BCUT2D eigenvalue weighted by Gasteiger charge is -2.21. The second-order valence-electron chi connectivity index (χ2n) is 5.21. The van der Waals surface area contributed by atoms with Gasteiger partial charge in [0.2, 0.25) is 0 Å². The van der Waals surface area contributed by atoms with Crippen LogP contribution in [0.3, 0.4) is 0 Å². The number of hydrogen-bond donors (Lipinski definition) is 4. The van der Waals surface area contributed by atoms with Gasteiger partial charge in [-0.2, -0.15) is 0 Å². The zero-order chi connectivity index (χ0) is 16.9.